The monoisotopic (exact) mass is 345 g/mol. The molecule has 2 amide bonds. The molecule has 0 aliphatic carbocycles. The summed E-state index contributed by atoms with van der Waals surface area (Å²) in [6.07, 6.45) is 4.16. The van der Waals surface area contributed by atoms with Gasteiger partial charge in [-0.05, 0) is 57.4 Å². The van der Waals surface area contributed by atoms with Crippen molar-refractivity contribution in [2.45, 2.75) is 46.5 Å². The van der Waals surface area contributed by atoms with E-state index in [2.05, 4.69) is 17.0 Å². The van der Waals surface area contributed by atoms with Gasteiger partial charge in [-0.3, -0.25) is 9.59 Å². The first-order chi connectivity index (χ1) is 12.1. The van der Waals surface area contributed by atoms with Crippen molar-refractivity contribution >= 4 is 23.2 Å². The van der Waals surface area contributed by atoms with Crippen LogP contribution in [0.2, 0.25) is 0 Å². The zero-order valence-corrected chi connectivity index (χ0v) is 15.8. The Labute approximate surface area is 151 Å². The molecule has 5 heteroatoms. The van der Waals surface area contributed by atoms with Crippen molar-refractivity contribution in [1.29, 1.82) is 0 Å². The Morgan fingerprint density at radius 3 is 2.12 bits per heavy atom. The molecule has 1 fully saturated rings. The lowest BCUT2D eigenvalue weighted by atomic mass is 10.1. The normalized spacial score (nSPS) is 14.3. The lowest BCUT2D eigenvalue weighted by Gasteiger charge is -2.29. The Morgan fingerprint density at radius 2 is 1.60 bits per heavy atom. The molecule has 1 aromatic carbocycles. The average Bonchev–Trinajstić information content (AvgIpc) is 2.64. The Bertz CT molecular complexity index is 561. The van der Waals surface area contributed by atoms with Crippen LogP contribution in [0.3, 0.4) is 0 Å². The molecule has 0 atom stereocenters. The van der Waals surface area contributed by atoms with E-state index in [0.29, 0.717) is 26.1 Å². The summed E-state index contributed by atoms with van der Waals surface area (Å²) in [5, 5.41) is 0. The fourth-order valence-corrected chi connectivity index (χ4v) is 3.41. The van der Waals surface area contributed by atoms with Crippen molar-refractivity contribution < 1.29 is 9.59 Å². The van der Waals surface area contributed by atoms with E-state index in [-0.39, 0.29) is 11.8 Å². The molecule has 1 aliphatic rings. The van der Waals surface area contributed by atoms with Gasteiger partial charge in [-0.2, -0.15) is 0 Å². The molecular formula is C20H31N3O2. The maximum atomic E-state index is 12.2. The highest BCUT2D eigenvalue weighted by atomic mass is 16.2. The molecule has 138 valence electrons. The Kier molecular flexibility index (Phi) is 7.29. The Balaban J connectivity index is 2.01. The number of anilines is 2. The summed E-state index contributed by atoms with van der Waals surface area (Å²) in [5.74, 6) is 0.0688. The second-order valence-electron chi connectivity index (χ2n) is 6.55. The molecule has 1 heterocycles. The predicted octanol–water partition coefficient (Wildman–Crippen LogP) is 3.29. The number of piperidine rings is 1. The van der Waals surface area contributed by atoms with Gasteiger partial charge in [0.2, 0.25) is 11.8 Å². The van der Waals surface area contributed by atoms with Crippen LogP contribution >= 0.6 is 0 Å². The van der Waals surface area contributed by atoms with Gasteiger partial charge < -0.3 is 14.7 Å². The lowest BCUT2D eigenvalue weighted by Crippen LogP contribution is -2.36. The third-order valence-electron chi connectivity index (χ3n) is 4.93. The minimum atomic E-state index is -0.0296. The molecule has 0 radical (unpaired) electrons. The maximum Gasteiger partial charge on any atom is 0.224 e. The van der Waals surface area contributed by atoms with Gasteiger partial charge in [-0.25, -0.2) is 0 Å². The largest absolute Gasteiger partial charge is 0.372 e. The van der Waals surface area contributed by atoms with Crippen molar-refractivity contribution in [3.8, 4) is 0 Å². The number of nitrogens with zero attached hydrogens (tertiary/aromatic N) is 3. The van der Waals surface area contributed by atoms with Gasteiger partial charge >= 0.3 is 0 Å². The molecule has 0 saturated carbocycles. The summed E-state index contributed by atoms with van der Waals surface area (Å²) in [7, 11) is 0. The fourth-order valence-electron chi connectivity index (χ4n) is 3.41. The number of hydrogen-bond donors (Lipinski definition) is 0. The molecule has 0 aromatic heterocycles. The van der Waals surface area contributed by atoms with Gasteiger partial charge in [-0.15, -0.1) is 0 Å². The lowest BCUT2D eigenvalue weighted by molar-refractivity contribution is -0.130. The number of carbonyl (C=O) groups is 2. The third kappa shape index (κ3) is 5.21. The summed E-state index contributed by atoms with van der Waals surface area (Å²) in [6.45, 7) is 9.56. The van der Waals surface area contributed by atoms with Crippen molar-refractivity contribution in [2.24, 2.45) is 0 Å². The van der Waals surface area contributed by atoms with Gasteiger partial charge in [0.05, 0.1) is 0 Å². The van der Waals surface area contributed by atoms with Crippen LogP contribution in [0.25, 0.3) is 0 Å². The van der Waals surface area contributed by atoms with Gasteiger partial charge in [0.25, 0.3) is 0 Å². The van der Waals surface area contributed by atoms with Crippen LogP contribution in [-0.2, 0) is 9.59 Å². The molecule has 25 heavy (non-hydrogen) atoms. The van der Waals surface area contributed by atoms with Gasteiger partial charge in [-0.1, -0.05) is 0 Å². The quantitative estimate of drug-likeness (QED) is 0.762. The van der Waals surface area contributed by atoms with E-state index in [9.17, 15) is 9.59 Å². The van der Waals surface area contributed by atoms with E-state index in [4.69, 9.17) is 0 Å². The summed E-state index contributed by atoms with van der Waals surface area (Å²) >= 11 is 0. The summed E-state index contributed by atoms with van der Waals surface area (Å²) in [4.78, 5) is 30.1. The van der Waals surface area contributed by atoms with E-state index in [1.807, 2.05) is 26.0 Å². The SMILES string of the molecule is CCN(CC)C(=O)CCN(C(C)=O)c1ccc(N2CCCCC2)cc1. The average molecular weight is 345 g/mol. The highest BCUT2D eigenvalue weighted by molar-refractivity contribution is 5.92. The van der Waals surface area contributed by atoms with Crippen molar-refractivity contribution in [1.82, 2.24) is 4.90 Å². The number of benzene rings is 1. The second kappa shape index (κ2) is 9.44. The van der Waals surface area contributed by atoms with E-state index in [1.165, 1.54) is 24.9 Å². The smallest absolute Gasteiger partial charge is 0.224 e. The van der Waals surface area contributed by atoms with Crippen molar-refractivity contribution in [2.75, 3.05) is 42.5 Å². The molecule has 0 spiro atoms. The van der Waals surface area contributed by atoms with E-state index < -0.39 is 0 Å². The second-order valence-corrected chi connectivity index (χ2v) is 6.55. The fraction of sp³-hybridized carbons (Fsp3) is 0.600. The van der Waals surface area contributed by atoms with E-state index in [1.54, 1.807) is 16.7 Å². The zero-order valence-electron chi connectivity index (χ0n) is 15.8. The van der Waals surface area contributed by atoms with Crippen LogP contribution in [-0.4, -0.2) is 49.4 Å². The molecule has 1 aromatic rings. The van der Waals surface area contributed by atoms with Gasteiger partial charge in [0.15, 0.2) is 0 Å². The van der Waals surface area contributed by atoms with Crippen LogP contribution in [0.15, 0.2) is 24.3 Å². The number of hydrogen-bond acceptors (Lipinski definition) is 3. The first kappa shape index (κ1) is 19.3. The Morgan fingerprint density at radius 1 is 1.00 bits per heavy atom. The Hall–Kier alpha value is -2.04. The molecule has 5 nitrogen and oxygen atoms in total. The minimum Gasteiger partial charge on any atom is -0.372 e. The minimum absolute atomic E-state index is 0.0296. The van der Waals surface area contributed by atoms with E-state index >= 15 is 0 Å². The van der Waals surface area contributed by atoms with Gasteiger partial charge in [0.1, 0.15) is 0 Å². The number of carbonyl (C=O) groups excluding carboxylic acids is 2. The number of rotatable bonds is 7. The summed E-state index contributed by atoms with van der Waals surface area (Å²) in [6, 6.07) is 8.16. The first-order valence-corrected chi connectivity index (χ1v) is 9.47. The summed E-state index contributed by atoms with van der Waals surface area (Å²) in [5.41, 5.74) is 2.08. The van der Waals surface area contributed by atoms with Crippen molar-refractivity contribution in [3.63, 3.8) is 0 Å². The highest BCUT2D eigenvalue weighted by Gasteiger charge is 2.17. The third-order valence-corrected chi connectivity index (χ3v) is 4.93. The number of amides is 2. The molecule has 1 saturated heterocycles. The first-order valence-electron chi connectivity index (χ1n) is 9.47. The molecule has 0 unspecified atom stereocenters. The zero-order chi connectivity index (χ0) is 18.2. The van der Waals surface area contributed by atoms with Crippen LogP contribution in [0.4, 0.5) is 11.4 Å². The van der Waals surface area contributed by atoms with Crippen LogP contribution in [0, 0.1) is 0 Å². The topological polar surface area (TPSA) is 43.9 Å². The van der Waals surface area contributed by atoms with Gasteiger partial charge in [0, 0.05) is 57.4 Å². The molecule has 2 rings (SSSR count). The molecule has 1 aliphatic heterocycles. The molecular weight excluding hydrogens is 314 g/mol. The van der Waals surface area contributed by atoms with Crippen molar-refractivity contribution in [3.05, 3.63) is 24.3 Å². The van der Waals surface area contributed by atoms with Crippen LogP contribution < -0.4 is 9.80 Å². The van der Waals surface area contributed by atoms with Crippen LogP contribution in [0.1, 0.15) is 46.5 Å². The predicted molar refractivity (Wildman–Crippen MR) is 103 cm³/mol. The standard InChI is InChI=1S/C20H31N3O2/c1-4-21(5-2)20(25)13-16-23(17(3)24)19-11-9-18(10-12-19)22-14-7-6-8-15-22/h9-12H,4-8,13-16H2,1-3H3. The van der Waals surface area contributed by atoms with Crippen LogP contribution in [0.5, 0.6) is 0 Å². The van der Waals surface area contributed by atoms with E-state index in [0.717, 1.165) is 18.8 Å². The molecule has 0 N–H and O–H groups in total. The summed E-state index contributed by atoms with van der Waals surface area (Å²) < 4.78 is 0. The molecule has 0 bridgehead atoms. The highest BCUT2D eigenvalue weighted by Crippen LogP contribution is 2.24. The maximum absolute atomic E-state index is 12.2.